The molecule has 30 heavy (non-hydrogen) atoms. The molecule has 1 aliphatic rings. The van der Waals surface area contributed by atoms with Gasteiger partial charge in [0.15, 0.2) is 0 Å². The van der Waals surface area contributed by atoms with E-state index in [1.54, 1.807) is 11.1 Å². The Hall–Kier alpha value is -3.18. The summed E-state index contributed by atoms with van der Waals surface area (Å²) >= 11 is 0. The summed E-state index contributed by atoms with van der Waals surface area (Å²) in [5.41, 5.74) is 9.48. The third kappa shape index (κ3) is 3.94. The lowest BCUT2D eigenvalue weighted by atomic mass is 9.85. The average Bonchev–Trinajstić information content (AvgIpc) is 2.80. The Morgan fingerprint density at radius 1 is 1.07 bits per heavy atom. The number of carbonyl (C=O) groups is 1. The number of hydrogen-bond donors (Lipinski definition) is 1. The second-order valence-electron chi connectivity index (χ2n) is 7.75. The molecule has 0 unspecified atom stereocenters. The van der Waals surface area contributed by atoms with Crippen molar-refractivity contribution in [2.75, 3.05) is 13.1 Å². The molecule has 1 fully saturated rings. The van der Waals surface area contributed by atoms with E-state index >= 15 is 0 Å². The van der Waals surface area contributed by atoms with Crippen molar-refractivity contribution in [1.29, 1.82) is 0 Å². The summed E-state index contributed by atoms with van der Waals surface area (Å²) in [5.74, 6) is 0. The molecular weight excluding hydrogens is 374 g/mol. The predicted molar refractivity (Wildman–Crippen MR) is 118 cm³/mol. The third-order valence-corrected chi connectivity index (χ3v) is 5.98. The van der Waals surface area contributed by atoms with Crippen LogP contribution in [0.3, 0.4) is 0 Å². The van der Waals surface area contributed by atoms with Crippen LogP contribution in [0.2, 0.25) is 0 Å². The van der Waals surface area contributed by atoms with E-state index in [2.05, 4.69) is 29.2 Å². The van der Waals surface area contributed by atoms with E-state index in [1.165, 1.54) is 0 Å². The van der Waals surface area contributed by atoms with Gasteiger partial charge in [-0.3, -0.25) is 4.98 Å². The number of ether oxygens (including phenoxy) is 1. The number of rotatable bonds is 6. The molecule has 4 rings (SSSR count). The van der Waals surface area contributed by atoms with Crippen molar-refractivity contribution >= 4 is 6.09 Å². The zero-order chi connectivity index (χ0) is 21.0. The van der Waals surface area contributed by atoms with E-state index in [1.807, 2.05) is 55.6 Å². The summed E-state index contributed by atoms with van der Waals surface area (Å²) in [4.78, 5) is 19.0. The highest BCUT2D eigenvalue weighted by Gasteiger charge is 2.42. The highest BCUT2D eigenvalue weighted by molar-refractivity contribution is 5.70. The van der Waals surface area contributed by atoms with Gasteiger partial charge < -0.3 is 15.4 Å². The maximum absolute atomic E-state index is 13.0. The second kappa shape index (κ2) is 8.67. The normalized spacial score (nSPS) is 19.9. The van der Waals surface area contributed by atoms with E-state index < -0.39 is 5.60 Å². The van der Waals surface area contributed by atoms with Gasteiger partial charge in [-0.25, -0.2) is 4.79 Å². The zero-order valence-corrected chi connectivity index (χ0v) is 17.2. The van der Waals surface area contributed by atoms with Gasteiger partial charge in [-0.2, -0.15) is 0 Å². The standard InChI is InChI=1S/C25H27N3O2/c1-19(20-9-11-21(12-10-20)22-6-5-16-27-18-22)28-17-14-25(13-15-26,30-24(28)29)23-7-3-2-4-8-23/h2-12,16,18-19H,13-15,17,26H2,1H3/t19-,25+/m0/s1. The van der Waals surface area contributed by atoms with Crippen LogP contribution in [0.4, 0.5) is 4.79 Å². The monoisotopic (exact) mass is 401 g/mol. The molecule has 1 amide bonds. The van der Waals surface area contributed by atoms with Crippen molar-refractivity contribution in [3.63, 3.8) is 0 Å². The average molecular weight is 402 g/mol. The number of hydrogen-bond acceptors (Lipinski definition) is 4. The Morgan fingerprint density at radius 2 is 1.83 bits per heavy atom. The fourth-order valence-electron chi connectivity index (χ4n) is 4.19. The first-order valence-electron chi connectivity index (χ1n) is 10.4. The van der Waals surface area contributed by atoms with E-state index in [0.717, 1.165) is 28.7 Å². The number of nitrogens with zero attached hydrogens (tertiary/aromatic N) is 2. The fraction of sp³-hybridized carbons (Fsp3) is 0.280. The number of nitrogens with two attached hydrogens (primary N) is 1. The maximum atomic E-state index is 13.0. The number of amides is 1. The number of carbonyl (C=O) groups excluding carboxylic acids is 1. The minimum Gasteiger partial charge on any atom is -0.438 e. The predicted octanol–water partition coefficient (Wildman–Crippen LogP) is 4.90. The lowest BCUT2D eigenvalue weighted by Gasteiger charge is -2.43. The summed E-state index contributed by atoms with van der Waals surface area (Å²) in [6.07, 6.45) is 4.66. The highest BCUT2D eigenvalue weighted by atomic mass is 16.6. The summed E-state index contributed by atoms with van der Waals surface area (Å²) in [6, 6.07) is 22.1. The van der Waals surface area contributed by atoms with Gasteiger partial charge in [0.25, 0.3) is 0 Å². The molecule has 0 bridgehead atoms. The molecule has 2 N–H and O–H groups in total. The minimum absolute atomic E-state index is 0.0768. The molecule has 0 aliphatic carbocycles. The van der Waals surface area contributed by atoms with Crippen LogP contribution in [0.25, 0.3) is 11.1 Å². The van der Waals surface area contributed by atoms with Gasteiger partial charge in [-0.05, 0) is 41.8 Å². The van der Waals surface area contributed by atoms with Gasteiger partial charge in [0.1, 0.15) is 5.60 Å². The van der Waals surface area contributed by atoms with Crippen molar-refractivity contribution < 1.29 is 9.53 Å². The van der Waals surface area contributed by atoms with Crippen molar-refractivity contribution in [2.45, 2.75) is 31.4 Å². The number of pyridine rings is 1. The summed E-state index contributed by atoms with van der Waals surface area (Å²) < 4.78 is 6.05. The molecule has 154 valence electrons. The van der Waals surface area contributed by atoms with Gasteiger partial charge in [-0.15, -0.1) is 0 Å². The summed E-state index contributed by atoms with van der Waals surface area (Å²) in [6.45, 7) is 3.13. The van der Waals surface area contributed by atoms with Crippen LogP contribution in [0.5, 0.6) is 0 Å². The summed E-state index contributed by atoms with van der Waals surface area (Å²) in [5, 5.41) is 0. The molecule has 3 aromatic rings. The van der Waals surface area contributed by atoms with Crippen LogP contribution < -0.4 is 5.73 Å². The smallest absolute Gasteiger partial charge is 0.411 e. The molecule has 0 radical (unpaired) electrons. The fourth-order valence-corrected chi connectivity index (χ4v) is 4.19. The molecule has 2 atom stereocenters. The third-order valence-electron chi connectivity index (χ3n) is 5.98. The quantitative estimate of drug-likeness (QED) is 0.638. The van der Waals surface area contributed by atoms with E-state index in [-0.39, 0.29) is 12.1 Å². The van der Waals surface area contributed by atoms with Gasteiger partial charge in [0.2, 0.25) is 0 Å². The Labute approximate surface area is 177 Å². The Balaban J connectivity index is 1.51. The van der Waals surface area contributed by atoms with Crippen molar-refractivity contribution in [2.24, 2.45) is 5.73 Å². The van der Waals surface area contributed by atoms with Crippen LogP contribution in [0.1, 0.15) is 36.9 Å². The molecule has 2 heterocycles. The SMILES string of the molecule is C[C@@H](c1ccc(-c2cccnc2)cc1)N1CC[C@](CCN)(c2ccccc2)OC1=O. The Bertz CT molecular complexity index is 976. The zero-order valence-electron chi connectivity index (χ0n) is 17.2. The lowest BCUT2D eigenvalue weighted by Crippen LogP contribution is -2.49. The van der Waals surface area contributed by atoms with Crippen LogP contribution in [-0.4, -0.2) is 29.1 Å². The maximum Gasteiger partial charge on any atom is 0.411 e. The molecule has 0 saturated carbocycles. The Morgan fingerprint density at radius 3 is 2.47 bits per heavy atom. The molecular formula is C25H27N3O2. The van der Waals surface area contributed by atoms with Crippen molar-refractivity contribution in [3.05, 3.63) is 90.3 Å². The van der Waals surface area contributed by atoms with Gasteiger partial charge in [0.05, 0.1) is 6.04 Å². The first kappa shape index (κ1) is 20.1. The second-order valence-corrected chi connectivity index (χ2v) is 7.75. The highest BCUT2D eigenvalue weighted by Crippen LogP contribution is 2.39. The Kier molecular flexibility index (Phi) is 5.81. The lowest BCUT2D eigenvalue weighted by molar-refractivity contribution is -0.0640. The molecule has 0 spiro atoms. The van der Waals surface area contributed by atoms with E-state index in [0.29, 0.717) is 19.5 Å². The molecule has 2 aromatic carbocycles. The molecule has 5 heteroatoms. The minimum atomic E-state index is -0.645. The number of aromatic nitrogens is 1. The van der Waals surface area contributed by atoms with E-state index in [4.69, 9.17) is 10.5 Å². The first-order chi connectivity index (χ1) is 14.6. The number of benzene rings is 2. The molecule has 1 aromatic heterocycles. The van der Waals surface area contributed by atoms with Gasteiger partial charge >= 0.3 is 6.09 Å². The van der Waals surface area contributed by atoms with Crippen LogP contribution in [0, 0.1) is 0 Å². The van der Waals surface area contributed by atoms with Crippen molar-refractivity contribution in [3.8, 4) is 11.1 Å². The van der Waals surface area contributed by atoms with E-state index in [9.17, 15) is 4.79 Å². The summed E-state index contributed by atoms with van der Waals surface area (Å²) in [7, 11) is 0. The molecule has 1 saturated heterocycles. The molecule has 1 aliphatic heterocycles. The van der Waals surface area contributed by atoms with Crippen LogP contribution in [-0.2, 0) is 10.3 Å². The van der Waals surface area contributed by atoms with Crippen molar-refractivity contribution in [1.82, 2.24) is 9.88 Å². The number of cyclic esters (lactones) is 1. The molecule has 5 nitrogen and oxygen atoms in total. The topological polar surface area (TPSA) is 68.5 Å². The van der Waals surface area contributed by atoms with Crippen LogP contribution >= 0.6 is 0 Å². The first-order valence-corrected chi connectivity index (χ1v) is 10.4. The van der Waals surface area contributed by atoms with Gasteiger partial charge in [-0.1, -0.05) is 60.7 Å². The largest absolute Gasteiger partial charge is 0.438 e. The van der Waals surface area contributed by atoms with Gasteiger partial charge in [0, 0.05) is 31.8 Å². The van der Waals surface area contributed by atoms with Crippen LogP contribution in [0.15, 0.2) is 79.1 Å².